The Morgan fingerprint density at radius 2 is 1.61 bits per heavy atom. The minimum absolute atomic E-state index is 0.0791. The van der Waals surface area contributed by atoms with Crippen LogP contribution in [0.25, 0.3) is 11.1 Å². The highest BCUT2D eigenvalue weighted by Crippen LogP contribution is 2.30. The van der Waals surface area contributed by atoms with E-state index in [2.05, 4.69) is 15.0 Å². The molecule has 0 aliphatic heterocycles. The van der Waals surface area contributed by atoms with Crippen LogP contribution in [0.15, 0.2) is 79.0 Å². The van der Waals surface area contributed by atoms with Gasteiger partial charge in [-0.3, -0.25) is 4.98 Å². The van der Waals surface area contributed by atoms with E-state index < -0.39 is 17.5 Å². The summed E-state index contributed by atoms with van der Waals surface area (Å²) in [6, 6.07) is 22.7. The van der Waals surface area contributed by atoms with Gasteiger partial charge >= 0.3 is 5.97 Å². The van der Waals surface area contributed by atoms with E-state index in [4.69, 9.17) is 4.74 Å². The molecule has 4 rings (SSSR count). The third kappa shape index (κ3) is 4.67. The minimum Gasteiger partial charge on any atom is -0.491 e. The van der Waals surface area contributed by atoms with Crippen molar-refractivity contribution >= 4 is 5.97 Å². The monoisotopic (exact) mass is 413 g/mol. The topological polar surface area (TPSA) is 105 Å². The summed E-state index contributed by atoms with van der Waals surface area (Å²) in [6.45, 7) is 0.0791. The smallest absolute Gasteiger partial charge is 0.358 e. The van der Waals surface area contributed by atoms with Crippen molar-refractivity contribution in [2.24, 2.45) is 0 Å². The van der Waals surface area contributed by atoms with Crippen LogP contribution in [0.2, 0.25) is 0 Å². The number of aromatic carboxylic acids is 1. The number of aromatic hydroxyl groups is 1. The lowest BCUT2D eigenvalue weighted by molar-refractivity contribution is 0.0682. The fourth-order valence-electron chi connectivity index (χ4n) is 3.18. The third-order valence-electron chi connectivity index (χ3n) is 4.62. The molecule has 0 aliphatic rings. The molecule has 2 aromatic heterocycles. The molecule has 0 bridgehead atoms. The van der Waals surface area contributed by atoms with Gasteiger partial charge in [0, 0.05) is 11.8 Å². The lowest BCUT2D eigenvalue weighted by Gasteiger charge is -2.12. The molecule has 154 valence electrons. The first-order valence-corrected chi connectivity index (χ1v) is 9.61. The Bertz CT molecular complexity index is 1200. The molecule has 7 heteroatoms. The number of aromatic nitrogens is 3. The normalized spacial score (nSPS) is 10.6. The van der Waals surface area contributed by atoms with Crippen LogP contribution in [0.4, 0.5) is 0 Å². The van der Waals surface area contributed by atoms with Crippen molar-refractivity contribution in [3.8, 4) is 22.8 Å². The highest BCUT2D eigenvalue weighted by molar-refractivity contribution is 5.89. The Labute approximate surface area is 178 Å². The number of hydrogen-bond acceptors (Lipinski definition) is 6. The van der Waals surface area contributed by atoms with Gasteiger partial charge in [0.05, 0.1) is 12.1 Å². The number of carboxylic acids is 1. The molecule has 2 aromatic carbocycles. The lowest BCUT2D eigenvalue weighted by Crippen LogP contribution is -2.11. The molecule has 0 aliphatic carbocycles. The Hall–Kier alpha value is -4.26. The van der Waals surface area contributed by atoms with Crippen LogP contribution in [0.5, 0.6) is 11.6 Å². The van der Waals surface area contributed by atoms with E-state index in [0.29, 0.717) is 5.69 Å². The van der Waals surface area contributed by atoms with E-state index in [1.54, 1.807) is 6.20 Å². The maximum atomic E-state index is 11.8. The van der Waals surface area contributed by atoms with Crippen LogP contribution in [-0.2, 0) is 13.0 Å². The quantitative estimate of drug-likeness (QED) is 0.470. The summed E-state index contributed by atoms with van der Waals surface area (Å²) < 4.78 is 5.54. The maximum Gasteiger partial charge on any atom is 0.358 e. The second-order valence-corrected chi connectivity index (χ2v) is 6.76. The molecule has 7 nitrogen and oxygen atoms in total. The molecule has 0 radical (unpaired) electrons. The largest absolute Gasteiger partial charge is 0.491 e. The van der Waals surface area contributed by atoms with Gasteiger partial charge in [0.15, 0.2) is 5.69 Å². The number of hydrogen-bond donors (Lipinski definition) is 2. The maximum absolute atomic E-state index is 11.8. The zero-order valence-electron chi connectivity index (χ0n) is 16.5. The average Bonchev–Trinajstić information content (AvgIpc) is 2.79. The first kappa shape index (κ1) is 20.0. The Kier molecular flexibility index (Phi) is 5.84. The van der Waals surface area contributed by atoms with Gasteiger partial charge < -0.3 is 14.9 Å². The molecule has 4 aromatic rings. The van der Waals surface area contributed by atoms with Crippen LogP contribution in [0.3, 0.4) is 0 Å². The summed E-state index contributed by atoms with van der Waals surface area (Å²) in [5.41, 5.74) is 2.95. The second-order valence-electron chi connectivity index (χ2n) is 6.76. The SMILES string of the molecule is O=C(O)c1nc(Cc2ncccc2-c2ccccc2)nc(O)c1OCc1ccccc1. The molecule has 2 N–H and O–H groups in total. The van der Waals surface area contributed by atoms with E-state index in [1.807, 2.05) is 72.8 Å². The van der Waals surface area contributed by atoms with E-state index in [-0.39, 0.29) is 24.6 Å². The van der Waals surface area contributed by atoms with Crippen molar-refractivity contribution in [3.05, 3.63) is 102 Å². The number of carboxylic acid groups (broad SMARTS) is 1. The molecule has 2 heterocycles. The fourth-order valence-corrected chi connectivity index (χ4v) is 3.18. The minimum atomic E-state index is -1.31. The molecule has 0 atom stereocenters. The van der Waals surface area contributed by atoms with Gasteiger partial charge in [-0.2, -0.15) is 4.98 Å². The molecule has 0 unspecified atom stereocenters. The Morgan fingerprint density at radius 3 is 2.32 bits per heavy atom. The van der Waals surface area contributed by atoms with Crippen molar-refractivity contribution in [2.45, 2.75) is 13.0 Å². The summed E-state index contributed by atoms with van der Waals surface area (Å²) in [7, 11) is 0. The van der Waals surface area contributed by atoms with Gasteiger partial charge in [-0.05, 0) is 17.2 Å². The number of pyridine rings is 1. The average molecular weight is 413 g/mol. The zero-order valence-corrected chi connectivity index (χ0v) is 16.5. The zero-order chi connectivity index (χ0) is 21.6. The number of carbonyl (C=O) groups is 1. The molecule has 0 amide bonds. The van der Waals surface area contributed by atoms with Gasteiger partial charge in [0.2, 0.25) is 5.75 Å². The molecule has 31 heavy (non-hydrogen) atoms. The number of rotatable bonds is 7. The van der Waals surface area contributed by atoms with Crippen molar-refractivity contribution in [2.75, 3.05) is 0 Å². The van der Waals surface area contributed by atoms with Crippen LogP contribution in [0.1, 0.15) is 27.6 Å². The summed E-state index contributed by atoms with van der Waals surface area (Å²) in [4.78, 5) is 24.4. The summed E-state index contributed by atoms with van der Waals surface area (Å²) in [5, 5.41) is 20.0. The van der Waals surface area contributed by atoms with Crippen molar-refractivity contribution in [1.29, 1.82) is 0 Å². The van der Waals surface area contributed by atoms with Crippen LogP contribution in [0, 0.1) is 0 Å². The molecule has 0 saturated heterocycles. The predicted molar refractivity (Wildman–Crippen MR) is 114 cm³/mol. The highest BCUT2D eigenvalue weighted by Gasteiger charge is 2.22. The van der Waals surface area contributed by atoms with Crippen molar-refractivity contribution in [3.63, 3.8) is 0 Å². The predicted octanol–water partition coefficient (Wildman–Crippen LogP) is 4.11. The molecule has 0 fully saturated rings. The number of ether oxygens (including phenoxy) is 1. The van der Waals surface area contributed by atoms with E-state index >= 15 is 0 Å². The molecular formula is C24H19N3O4. The Morgan fingerprint density at radius 1 is 0.903 bits per heavy atom. The third-order valence-corrected chi connectivity index (χ3v) is 4.62. The van der Waals surface area contributed by atoms with Crippen LogP contribution >= 0.6 is 0 Å². The standard InChI is InChI=1S/C24H19N3O4/c28-23-22(31-15-16-8-3-1-4-9-16)21(24(29)30)26-20(27-23)14-19-18(12-7-13-25-19)17-10-5-2-6-11-17/h1-13H,14-15H2,(H,29,30)(H,26,27,28). The van der Waals surface area contributed by atoms with Gasteiger partial charge in [-0.1, -0.05) is 66.7 Å². The summed E-state index contributed by atoms with van der Waals surface area (Å²) in [6.07, 6.45) is 1.80. The van der Waals surface area contributed by atoms with Crippen molar-refractivity contribution < 1.29 is 19.7 Å². The second kappa shape index (κ2) is 9.04. The number of benzene rings is 2. The first-order chi connectivity index (χ1) is 15.1. The van der Waals surface area contributed by atoms with E-state index in [0.717, 1.165) is 16.7 Å². The summed E-state index contributed by atoms with van der Waals surface area (Å²) in [5.74, 6) is -1.95. The molecular weight excluding hydrogens is 394 g/mol. The van der Waals surface area contributed by atoms with Gasteiger partial charge in [0.1, 0.15) is 12.4 Å². The van der Waals surface area contributed by atoms with Crippen LogP contribution < -0.4 is 4.74 Å². The van der Waals surface area contributed by atoms with Gasteiger partial charge in [-0.25, -0.2) is 9.78 Å². The van der Waals surface area contributed by atoms with E-state index in [1.165, 1.54) is 0 Å². The fraction of sp³-hybridized carbons (Fsp3) is 0.0833. The van der Waals surface area contributed by atoms with Gasteiger partial charge in [-0.15, -0.1) is 0 Å². The highest BCUT2D eigenvalue weighted by atomic mass is 16.5. The Balaban J connectivity index is 1.64. The lowest BCUT2D eigenvalue weighted by atomic mass is 10.0. The number of nitrogens with zero attached hydrogens (tertiary/aromatic N) is 3. The van der Waals surface area contributed by atoms with E-state index in [9.17, 15) is 15.0 Å². The van der Waals surface area contributed by atoms with Crippen molar-refractivity contribution in [1.82, 2.24) is 15.0 Å². The molecule has 0 saturated carbocycles. The summed E-state index contributed by atoms with van der Waals surface area (Å²) >= 11 is 0. The van der Waals surface area contributed by atoms with Crippen LogP contribution in [-0.4, -0.2) is 31.1 Å². The first-order valence-electron chi connectivity index (χ1n) is 9.61. The molecule has 0 spiro atoms. The van der Waals surface area contributed by atoms with Gasteiger partial charge in [0.25, 0.3) is 5.88 Å².